The summed E-state index contributed by atoms with van der Waals surface area (Å²) in [4.78, 5) is 12.8. The zero-order valence-electron chi connectivity index (χ0n) is 9.75. The van der Waals surface area contributed by atoms with Gasteiger partial charge in [-0.3, -0.25) is 10.1 Å². The van der Waals surface area contributed by atoms with Gasteiger partial charge in [-0.05, 0) is 18.3 Å². The van der Waals surface area contributed by atoms with Crippen LogP contribution in [0.25, 0.3) is 10.9 Å². The van der Waals surface area contributed by atoms with E-state index in [9.17, 15) is 15.2 Å². The van der Waals surface area contributed by atoms with Crippen molar-refractivity contribution in [2.45, 2.75) is 0 Å². The Labute approximate surface area is 112 Å². The van der Waals surface area contributed by atoms with E-state index < -0.39 is 4.92 Å². The van der Waals surface area contributed by atoms with Crippen molar-refractivity contribution >= 4 is 39.6 Å². The van der Waals surface area contributed by atoms with Crippen LogP contribution in [0.1, 0.15) is 0 Å². The van der Waals surface area contributed by atoms with Gasteiger partial charge in [-0.2, -0.15) is 0 Å². The van der Waals surface area contributed by atoms with Crippen molar-refractivity contribution in [3.8, 4) is 5.88 Å². The fourth-order valence-electron chi connectivity index (χ4n) is 1.51. The number of non-ortho nitro benzene ring substituents is 1. The first-order chi connectivity index (χ1) is 9.02. The van der Waals surface area contributed by atoms with E-state index in [4.69, 9.17) is 12.2 Å². The molecule has 0 aliphatic heterocycles. The molecule has 1 aromatic heterocycles. The second-order valence-electron chi connectivity index (χ2n) is 3.56. The minimum absolute atomic E-state index is 0.0980. The number of rotatable bonds is 2. The third-order valence-corrected chi connectivity index (χ3v) is 2.69. The predicted octanol–water partition coefficient (Wildman–Crippen LogP) is 2.37. The Hall–Kier alpha value is -2.55. The fourth-order valence-corrected chi connectivity index (χ4v) is 1.55. The van der Waals surface area contributed by atoms with Crippen LogP contribution in [-0.2, 0) is 0 Å². The number of aromatic hydroxyl groups is 1. The van der Waals surface area contributed by atoms with Crippen LogP contribution < -0.4 is 5.32 Å². The highest BCUT2D eigenvalue weighted by atomic mass is 32.1. The monoisotopic (exact) mass is 279 g/mol. The van der Waals surface area contributed by atoms with Gasteiger partial charge in [0.25, 0.3) is 5.69 Å². The van der Waals surface area contributed by atoms with Crippen molar-refractivity contribution in [2.24, 2.45) is 10.2 Å². The Balaban J connectivity index is 2.55. The number of hydrogen-bond acceptors (Lipinski definition) is 5. The molecule has 0 fully saturated rings. The number of azo groups is 1. The summed E-state index contributed by atoms with van der Waals surface area (Å²) in [6.07, 6.45) is 0. The Morgan fingerprint density at radius 1 is 1.58 bits per heavy atom. The number of nitro benzene ring substituents is 1. The molecule has 0 spiro atoms. The summed E-state index contributed by atoms with van der Waals surface area (Å²) >= 11 is 4.79. The maximum atomic E-state index is 10.7. The summed E-state index contributed by atoms with van der Waals surface area (Å²) in [5.41, 5.74) is 0.530. The van der Waals surface area contributed by atoms with Crippen molar-refractivity contribution < 1.29 is 10.0 Å². The van der Waals surface area contributed by atoms with Gasteiger partial charge in [-0.15, -0.1) is 10.2 Å². The second-order valence-corrected chi connectivity index (χ2v) is 3.95. The van der Waals surface area contributed by atoms with E-state index in [0.29, 0.717) is 10.9 Å². The van der Waals surface area contributed by atoms with Crippen LogP contribution in [0.3, 0.4) is 0 Å². The summed E-state index contributed by atoms with van der Waals surface area (Å²) in [7, 11) is 1.58. The molecule has 3 N–H and O–H groups in total. The van der Waals surface area contributed by atoms with Gasteiger partial charge in [0.2, 0.25) is 11.0 Å². The molecule has 0 unspecified atom stereocenters. The first-order valence-electron chi connectivity index (χ1n) is 5.15. The van der Waals surface area contributed by atoms with Gasteiger partial charge in [0.15, 0.2) is 5.69 Å². The van der Waals surface area contributed by atoms with Crippen LogP contribution >= 0.6 is 12.2 Å². The Morgan fingerprint density at radius 2 is 2.32 bits per heavy atom. The van der Waals surface area contributed by atoms with Crippen LogP contribution in [0.15, 0.2) is 28.4 Å². The van der Waals surface area contributed by atoms with Crippen LogP contribution in [0.5, 0.6) is 5.88 Å². The average molecular weight is 279 g/mol. The quantitative estimate of drug-likeness (QED) is 0.338. The molecule has 0 atom stereocenters. The molecule has 1 heterocycles. The Morgan fingerprint density at radius 3 is 2.95 bits per heavy atom. The number of benzene rings is 1. The SMILES string of the molecule is CNC(=S)N=Nc1c(O)[nH]c2ccc([N+](=O)[O-])cc12. The van der Waals surface area contributed by atoms with Gasteiger partial charge in [-0.1, -0.05) is 0 Å². The first kappa shape index (κ1) is 12.9. The molecule has 2 aromatic rings. The van der Waals surface area contributed by atoms with Gasteiger partial charge >= 0.3 is 0 Å². The lowest BCUT2D eigenvalue weighted by Gasteiger charge is -1.94. The maximum absolute atomic E-state index is 10.7. The third-order valence-electron chi connectivity index (χ3n) is 2.40. The number of nitrogens with one attached hydrogen (secondary N) is 2. The number of H-pyrrole nitrogens is 1. The van der Waals surface area contributed by atoms with E-state index in [-0.39, 0.29) is 22.4 Å². The van der Waals surface area contributed by atoms with E-state index in [1.54, 1.807) is 7.05 Å². The maximum Gasteiger partial charge on any atom is 0.270 e. The largest absolute Gasteiger partial charge is 0.493 e. The third kappa shape index (κ3) is 2.50. The standard InChI is InChI=1S/C10H9N5O3S/c1-11-10(19)14-13-8-6-4-5(15(17)18)2-3-7(6)12-9(8)16/h2-4,12,16H,1H3,(H,11,19). The minimum Gasteiger partial charge on any atom is -0.493 e. The average Bonchev–Trinajstić information content (AvgIpc) is 2.70. The lowest BCUT2D eigenvalue weighted by molar-refractivity contribution is -0.384. The van der Waals surface area contributed by atoms with Gasteiger partial charge in [0.05, 0.1) is 10.4 Å². The van der Waals surface area contributed by atoms with Gasteiger partial charge in [0, 0.05) is 24.6 Å². The fraction of sp³-hybridized carbons (Fsp3) is 0.100. The van der Waals surface area contributed by atoms with Crippen molar-refractivity contribution in [3.05, 3.63) is 28.3 Å². The molecule has 2 rings (SSSR count). The van der Waals surface area contributed by atoms with E-state index in [2.05, 4.69) is 20.5 Å². The van der Waals surface area contributed by atoms with Gasteiger partial charge in [0.1, 0.15) is 0 Å². The zero-order valence-corrected chi connectivity index (χ0v) is 10.6. The topological polar surface area (TPSA) is 116 Å². The second kappa shape index (κ2) is 4.98. The number of thiocarbonyl (C=S) groups is 1. The minimum atomic E-state index is -0.525. The van der Waals surface area contributed by atoms with Crippen molar-refractivity contribution in [1.29, 1.82) is 0 Å². The van der Waals surface area contributed by atoms with E-state index in [1.165, 1.54) is 18.2 Å². The summed E-state index contributed by atoms with van der Waals surface area (Å²) in [5.74, 6) is -0.224. The molecule has 0 saturated heterocycles. The Bertz CT molecular complexity index is 694. The summed E-state index contributed by atoms with van der Waals surface area (Å²) in [6.45, 7) is 0. The van der Waals surface area contributed by atoms with Gasteiger partial charge < -0.3 is 15.4 Å². The highest BCUT2D eigenvalue weighted by Gasteiger charge is 2.14. The molecule has 0 aliphatic carbocycles. The van der Waals surface area contributed by atoms with Crippen LogP contribution in [0.2, 0.25) is 0 Å². The predicted molar refractivity (Wildman–Crippen MR) is 72.8 cm³/mol. The van der Waals surface area contributed by atoms with E-state index in [0.717, 1.165) is 0 Å². The number of nitrogens with zero attached hydrogens (tertiary/aromatic N) is 3. The molecule has 98 valence electrons. The van der Waals surface area contributed by atoms with Crippen molar-refractivity contribution in [1.82, 2.24) is 10.3 Å². The van der Waals surface area contributed by atoms with Crippen molar-refractivity contribution in [2.75, 3.05) is 7.05 Å². The lowest BCUT2D eigenvalue weighted by atomic mass is 10.2. The summed E-state index contributed by atoms with van der Waals surface area (Å²) < 4.78 is 0. The zero-order chi connectivity index (χ0) is 14.0. The van der Waals surface area contributed by atoms with Crippen LogP contribution in [0.4, 0.5) is 11.4 Å². The molecule has 0 radical (unpaired) electrons. The number of aromatic nitrogens is 1. The normalized spacial score (nSPS) is 11.0. The molecule has 0 bridgehead atoms. The molecule has 0 saturated carbocycles. The van der Waals surface area contributed by atoms with Gasteiger partial charge in [-0.25, -0.2) is 0 Å². The van der Waals surface area contributed by atoms with Crippen LogP contribution in [-0.4, -0.2) is 27.2 Å². The molecule has 1 aromatic carbocycles. The molecule has 0 amide bonds. The molecule has 0 aliphatic rings. The molecule has 19 heavy (non-hydrogen) atoms. The Kier molecular flexibility index (Phi) is 3.38. The first-order valence-corrected chi connectivity index (χ1v) is 5.56. The van der Waals surface area contributed by atoms with Crippen molar-refractivity contribution in [3.63, 3.8) is 0 Å². The number of hydrogen-bond donors (Lipinski definition) is 3. The number of nitro groups is 1. The lowest BCUT2D eigenvalue weighted by Crippen LogP contribution is -2.11. The van der Waals surface area contributed by atoms with E-state index in [1.807, 2.05) is 0 Å². The molecule has 8 nitrogen and oxygen atoms in total. The summed E-state index contributed by atoms with van der Waals surface area (Å²) in [5, 5.41) is 31.0. The highest BCUT2D eigenvalue weighted by molar-refractivity contribution is 7.80. The van der Waals surface area contributed by atoms with E-state index >= 15 is 0 Å². The smallest absolute Gasteiger partial charge is 0.270 e. The molecular weight excluding hydrogens is 270 g/mol. The number of aromatic amines is 1. The van der Waals surface area contributed by atoms with Crippen LogP contribution in [0, 0.1) is 10.1 Å². The number of fused-ring (bicyclic) bond motifs is 1. The molecular formula is C10H9N5O3S. The molecule has 9 heteroatoms. The highest BCUT2D eigenvalue weighted by Crippen LogP contribution is 2.37. The summed E-state index contributed by atoms with van der Waals surface area (Å²) in [6, 6.07) is 4.13.